The number of carbonyl (C=O) groups is 1. The lowest BCUT2D eigenvalue weighted by molar-refractivity contribution is -0.116. The van der Waals surface area contributed by atoms with Crippen LogP contribution in [-0.2, 0) is 21.2 Å². The van der Waals surface area contributed by atoms with Crippen molar-refractivity contribution in [2.45, 2.75) is 11.3 Å². The van der Waals surface area contributed by atoms with Crippen molar-refractivity contribution in [3.63, 3.8) is 0 Å². The number of carbonyl (C=O) groups excluding carboxylic acids is 1. The second kappa shape index (κ2) is 9.13. The summed E-state index contributed by atoms with van der Waals surface area (Å²) in [5.41, 5.74) is 1.42. The molecule has 0 saturated carbocycles. The average molecular weight is 431 g/mol. The minimum atomic E-state index is -3.70. The average Bonchev–Trinajstić information content (AvgIpc) is 3.15. The van der Waals surface area contributed by atoms with Gasteiger partial charge in [-0.05, 0) is 48.4 Å². The van der Waals surface area contributed by atoms with E-state index in [2.05, 4.69) is 5.32 Å². The molecule has 3 N–H and O–H groups in total. The first-order valence-corrected chi connectivity index (χ1v) is 11.1. The van der Waals surface area contributed by atoms with Gasteiger partial charge < -0.3 is 5.32 Å². The zero-order valence-corrected chi connectivity index (χ0v) is 17.0. The van der Waals surface area contributed by atoms with Crippen LogP contribution in [0.5, 0.6) is 0 Å². The Morgan fingerprint density at radius 1 is 1.07 bits per heavy atom. The maximum absolute atomic E-state index is 13.8. The first kappa shape index (κ1) is 20.9. The van der Waals surface area contributed by atoms with Crippen LogP contribution in [0, 0.1) is 5.82 Å². The molecule has 0 aliphatic rings. The summed E-state index contributed by atoms with van der Waals surface area (Å²) in [5, 5.41) is 7.83. The van der Waals surface area contributed by atoms with Crippen LogP contribution < -0.4 is 10.5 Å². The fourth-order valence-corrected chi connectivity index (χ4v) is 4.09. The minimum Gasteiger partial charge on any atom is -0.352 e. The molecule has 0 bridgehead atoms. The largest absolute Gasteiger partial charge is 0.352 e. The summed E-state index contributed by atoms with van der Waals surface area (Å²) >= 11 is 1.40. The summed E-state index contributed by atoms with van der Waals surface area (Å²) < 4.78 is 36.3. The predicted molar refractivity (Wildman–Crippen MR) is 113 cm³/mol. The Balaban J connectivity index is 1.51. The first-order valence-electron chi connectivity index (χ1n) is 8.75. The molecule has 1 aromatic heterocycles. The predicted octanol–water partition coefficient (Wildman–Crippen LogP) is 3.57. The summed E-state index contributed by atoms with van der Waals surface area (Å²) in [5.74, 6) is -0.522. The molecule has 0 spiro atoms. The molecule has 0 saturated heterocycles. The van der Waals surface area contributed by atoms with Gasteiger partial charge in [-0.15, -0.1) is 11.3 Å². The van der Waals surface area contributed by atoms with Crippen molar-refractivity contribution >= 4 is 33.3 Å². The normalized spacial score (nSPS) is 11.7. The number of nitrogens with one attached hydrogen (secondary N) is 1. The Morgan fingerprint density at radius 2 is 1.79 bits per heavy atom. The summed E-state index contributed by atoms with van der Waals surface area (Å²) in [7, 11) is -3.70. The van der Waals surface area contributed by atoms with E-state index in [4.69, 9.17) is 5.14 Å². The molecule has 2 aromatic carbocycles. The van der Waals surface area contributed by atoms with E-state index in [1.165, 1.54) is 35.6 Å². The van der Waals surface area contributed by atoms with Crippen molar-refractivity contribution < 1.29 is 17.6 Å². The summed E-state index contributed by atoms with van der Waals surface area (Å²) in [6, 6.07) is 16.4. The zero-order valence-electron chi connectivity index (χ0n) is 15.3. The molecule has 0 atom stereocenters. The van der Waals surface area contributed by atoms with Crippen LogP contribution in [-0.4, -0.2) is 20.9 Å². The third-order valence-electron chi connectivity index (χ3n) is 4.13. The second-order valence-electron chi connectivity index (χ2n) is 6.25. The molecular weight excluding hydrogens is 411 g/mol. The van der Waals surface area contributed by atoms with Gasteiger partial charge in [-0.25, -0.2) is 17.9 Å². The van der Waals surface area contributed by atoms with Crippen LogP contribution in [0.25, 0.3) is 16.5 Å². The van der Waals surface area contributed by atoms with Crippen molar-refractivity contribution in [2.75, 3.05) is 6.54 Å². The molecule has 0 aliphatic carbocycles. The third kappa shape index (κ3) is 5.83. The fourth-order valence-electron chi connectivity index (χ4n) is 2.64. The van der Waals surface area contributed by atoms with Crippen LogP contribution in [0.4, 0.5) is 4.39 Å². The van der Waals surface area contributed by atoms with Crippen molar-refractivity contribution in [3.8, 4) is 10.4 Å². The minimum absolute atomic E-state index is 0.0546. The lowest BCUT2D eigenvalue weighted by Crippen LogP contribution is -2.23. The highest BCUT2D eigenvalue weighted by Gasteiger charge is 2.08. The Morgan fingerprint density at radius 3 is 2.48 bits per heavy atom. The highest BCUT2D eigenvalue weighted by molar-refractivity contribution is 7.89. The molecule has 0 unspecified atom stereocenters. The molecule has 3 aromatic rings. The van der Waals surface area contributed by atoms with E-state index in [9.17, 15) is 17.6 Å². The van der Waals surface area contributed by atoms with Gasteiger partial charge in [0.2, 0.25) is 15.9 Å². The van der Waals surface area contributed by atoms with E-state index in [0.717, 1.165) is 15.3 Å². The van der Waals surface area contributed by atoms with E-state index in [1.54, 1.807) is 36.4 Å². The Bertz CT molecular complexity index is 1140. The number of nitrogens with two attached hydrogens (primary N) is 1. The fraction of sp³-hybridized carbons (Fsp3) is 0.0952. The lowest BCUT2D eigenvalue weighted by Gasteiger charge is -2.04. The maximum atomic E-state index is 13.8. The van der Waals surface area contributed by atoms with Gasteiger partial charge in [-0.1, -0.05) is 30.3 Å². The van der Waals surface area contributed by atoms with Crippen LogP contribution >= 0.6 is 11.3 Å². The molecule has 0 radical (unpaired) electrons. The van der Waals surface area contributed by atoms with E-state index in [-0.39, 0.29) is 16.6 Å². The number of primary sulfonamides is 1. The van der Waals surface area contributed by atoms with Gasteiger partial charge >= 0.3 is 0 Å². The van der Waals surface area contributed by atoms with Gasteiger partial charge in [0.25, 0.3) is 0 Å². The van der Waals surface area contributed by atoms with Crippen molar-refractivity contribution in [3.05, 3.63) is 83.0 Å². The maximum Gasteiger partial charge on any atom is 0.244 e. The number of hydrogen-bond acceptors (Lipinski definition) is 4. The van der Waals surface area contributed by atoms with Crippen molar-refractivity contribution in [1.82, 2.24) is 5.32 Å². The summed E-state index contributed by atoms with van der Waals surface area (Å²) in [6.45, 7) is 0.406. The molecule has 3 rings (SSSR count). The monoisotopic (exact) mass is 430 g/mol. The topological polar surface area (TPSA) is 89.3 Å². The Labute approximate surface area is 172 Å². The molecule has 8 heteroatoms. The lowest BCUT2D eigenvalue weighted by atomic mass is 10.1. The van der Waals surface area contributed by atoms with E-state index < -0.39 is 10.0 Å². The van der Waals surface area contributed by atoms with E-state index >= 15 is 0 Å². The van der Waals surface area contributed by atoms with Crippen LogP contribution in [0.1, 0.15) is 10.4 Å². The Kier molecular flexibility index (Phi) is 6.58. The quantitative estimate of drug-likeness (QED) is 0.562. The molecule has 29 heavy (non-hydrogen) atoms. The number of halogens is 1. The van der Waals surface area contributed by atoms with Crippen LogP contribution in [0.3, 0.4) is 0 Å². The molecule has 0 aliphatic heterocycles. The highest BCUT2D eigenvalue weighted by Crippen LogP contribution is 2.30. The molecular formula is C21H19FN2O3S2. The zero-order chi connectivity index (χ0) is 20.9. The van der Waals surface area contributed by atoms with Gasteiger partial charge in [0.05, 0.1) is 4.90 Å². The van der Waals surface area contributed by atoms with Gasteiger partial charge in [-0.2, -0.15) is 0 Å². The smallest absolute Gasteiger partial charge is 0.244 e. The standard InChI is InChI=1S/C21H19FN2O3S2/c22-19-4-2-1-3-18(19)20-11-7-16(28-20)8-12-21(25)24-14-13-15-5-9-17(10-6-15)29(23,26)27/h1-12H,13-14H2,(H,24,25)(H2,23,26,27)/b12-8+. The second-order valence-corrected chi connectivity index (χ2v) is 8.92. The molecule has 150 valence electrons. The van der Waals surface area contributed by atoms with Gasteiger partial charge in [0.15, 0.2) is 0 Å². The molecule has 1 amide bonds. The van der Waals surface area contributed by atoms with Crippen LogP contribution in [0.15, 0.2) is 71.6 Å². The van der Waals surface area contributed by atoms with Crippen LogP contribution in [0.2, 0.25) is 0 Å². The third-order valence-corrected chi connectivity index (χ3v) is 6.14. The number of rotatable bonds is 7. The number of sulfonamides is 1. The number of hydrogen-bond donors (Lipinski definition) is 2. The molecule has 0 fully saturated rings. The van der Waals surface area contributed by atoms with Crippen molar-refractivity contribution in [1.29, 1.82) is 0 Å². The number of thiophene rings is 1. The van der Waals surface area contributed by atoms with Gasteiger partial charge in [0, 0.05) is 27.9 Å². The van der Waals surface area contributed by atoms with Crippen molar-refractivity contribution in [2.24, 2.45) is 5.14 Å². The summed E-state index contributed by atoms with van der Waals surface area (Å²) in [4.78, 5) is 13.7. The van der Waals surface area contributed by atoms with E-state index in [1.807, 2.05) is 12.1 Å². The Hall–Kier alpha value is -2.81. The van der Waals surface area contributed by atoms with Gasteiger partial charge in [0.1, 0.15) is 5.82 Å². The number of amides is 1. The van der Waals surface area contributed by atoms with E-state index in [0.29, 0.717) is 18.5 Å². The first-order chi connectivity index (χ1) is 13.8. The van der Waals surface area contributed by atoms with Gasteiger partial charge in [-0.3, -0.25) is 4.79 Å². The molecule has 1 heterocycles. The number of benzene rings is 2. The SMILES string of the molecule is NS(=O)(=O)c1ccc(CCNC(=O)/C=C/c2ccc(-c3ccccc3F)s2)cc1. The summed E-state index contributed by atoms with van der Waals surface area (Å²) in [6.07, 6.45) is 3.67. The molecule has 5 nitrogen and oxygen atoms in total. The highest BCUT2D eigenvalue weighted by atomic mass is 32.2.